The van der Waals surface area contributed by atoms with Crippen molar-refractivity contribution in [2.75, 3.05) is 6.54 Å². The van der Waals surface area contributed by atoms with Gasteiger partial charge in [0.05, 0.1) is 0 Å². The van der Waals surface area contributed by atoms with E-state index in [9.17, 15) is 0 Å². The zero-order chi connectivity index (χ0) is 13.7. The van der Waals surface area contributed by atoms with Crippen LogP contribution in [0.2, 0.25) is 0 Å². The molecule has 1 nitrogen and oxygen atoms in total. The lowest BCUT2D eigenvalue weighted by Gasteiger charge is -2.22. The lowest BCUT2D eigenvalue weighted by molar-refractivity contribution is 0.471. The van der Waals surface area contributed by atoms with Crippen molar-refractivity contribution < 1.29 is 0 Å². The Bertz CT molecular complexity index is 393. The molecule has 1 aliphatic carbocycles. The molecule has 1 heteroatoms. The van der Waals surface area contributed by atoms with Crippen LogP contribution in [0, 0.1) is 5.92 Å². The van der Waals surface area contributed by atoms with Gasteiger partial charge in [0.2, 0.25) is 0 Å². The fourth-order valence-corrected chi connectivity index (χ4v) is 2.84. The SMILES string of the molecule is CCCNC(CC1CC1)c1cc(CC)ccc1CC. The molecule has 1 aliphatic rings. The van der Waals surface area contributed by atoms with E-state index in [2.05, 4.69) is 44.3 Å². The second-order valence-corrected chi connectivity index (χ2v) is 5.93. The van der Waals surface area contributed by atoms with Crippen molar-refractivity contribution in [3.63, 3.8) is 0 Å². The van der Waals surface area contributed by atoms with Crippen molar-refractivity contribution in [2.45, 2.75) is 65.3 Å². The highest BCUT2D eigenvalue weighted by atomic mass is 14.9. The average Bonchev–Trinajstić information content (AvgIpc) is 3.26. The van der Waals surface area contributed by atoms with Gasteiger partial charge >= 0.3 is 0 Å². The number of nitrogens with one attached hydrogen (secondary N) is 1. The van der Waals surface area contributed by atoms with Crippen LogP contribution in [0.4, 0.5) is 0 Å². The molecule has 0 amide bonds. The van der Waals surface area contributed by atoms with Gasteiger partial charge in [-0.15, -0.1) is 0 Å². The predicted molar refractivity (Wildman–Crippen MR) is 83.6 cm³/mol. The molecule has 0 radical (unpaired) electrons. The van der Waals surface area contributed by atoms with E-state index in [1.54, 1.807) is 5.56 Å². The Balaban J connectivity index is 2.20. The maximum absolute atomic E-state index is 3.78. The van der Waals surface area contributed by atoms with Crippen LogP contribution in [0.25, 0.3) is 0 Å². The van der Waals surface area contributed by atoms with E-state index in [0.29, 0.717) is 6.04 Å². The van der Waals surface area contributed by atoms with Crippen LogP contribution < -0.4 is 5.32 Å². The Hall–Kier alpha value is -0.820. The van der Waals surface area contributed by atoms with Crippen molar-refractivity contribution in [1.82, 2.24) is 5.32 Å². The molecule has 1 unspecified atom stereocenters. The van der Waals surface area contributed by atoms with E-state index < -0.39 is 0 Å². The molecule has 1 atom stereocenters. The highest BCUT2D eigenvalue weighted by molar-refractivity contribution is 5.35. The van der Waals surface area contributed by atoms with Gasteiger partial charge in [-0.05, 0) is 54.8 Å². The third-order valence-corrected chi connectivity index (χ3v) is 4.28. The number of rotatable bonds is 8. The summed E-state index contributed by atoms with van der Waals surface area (Å²) in [6.07, 6.45) is 7.73. The molecule has 1 aromatic rings. The molecule has 0 bridgehead atoms. The number of hydrogen-bond donors (Lipinski definition) is 1. The third-order valence-electron chi connectivity index (χ3n) is 4.28. The summed E-state index contributed by atoms with van der Waals surface area (Å²) in [5.41, 5.74) is 4.58. The first kappa shape index (κ1) is 14.6. The molecule has 1 fully saturated rings. The summed E-state index contributed by atoms with van der Waals surface area (Å²) in [5, 5.41) is 3.78. The van der Waals surface area contributed by atoms with Crippen LogP contribution in [0.15, 0.2) is 18.2 Å². The predicted octanol–water partition coefficient (Wildman–Crippen LogP) is 4.65. The van der Waals surface area contributed by atoms with E-state index in [0.717, 1.165) is 25.3 Å². The monoisotopic (exact) mass is 259 g/mol. The van der Waals surface area contributed by atoms with Gasteiger partial charge in [0.1, 0.15) is 0 Å². The summed E-state index contributed by atoms with van der Waals surface area (Å²) >= 11 is 0. The molecule has 1 saturated carbocycles. The molecule has 0 spiro atoms. The van der Waals surface area contributed by atoms with Gasteiger partial charge in [0, 0.05) is 6.04 Å². The standard InChI is InChI=1S/C18H29N/c1-4-11-19-18(13-15-7-8-15)17-12-14(5-2)9-10-16(17)6-3/h9-10,12,15,18-19H,4-8,11,13H2,1-3H3. The van der Waals surface area contributed by atoms with Gasteiger partial charge in [-0.2, -0.15) is 0 Å². The Kier molecular flexibility index (Phi) is 5.45. The molecule has 0 aromatic heterocycles. The Morgan fingerprint density at radius 3 is 2.53 bits per heavy atom. The van der Waals surface area contributed by atoms with E-state index >= 15 is 0 Å². The minimum Gasteiger partial charge on any atom is -0.310 e. The molecule has 2 rings (SSSR count). The quantitative estimate of drug-likeness (QED) is 0.716. The molecule has 1 aromatic carbocycles. The molecular weight excluding hydrogens is 230 g/mol. The summed E-state index contributed by atoms with van der Waals surface area (Å²) in [4.78, 5) is 0. The Morgan fingerprint density at radius 1 is 1.16 bits per heavy atom. The van der Waals surface area contributed by atoms with Gasteiger partial charge in [0.25, 0.3) is 0 Å². The van der Waals surface area contributed by atoms with Crippen LogP contribution >= 0.6 is 0 Å². The van der Waals surface area contributed by atoms with Crippen molar-refractivity contribution >= 4 is 0 Å². The summed E-state index contributed by atoms with van der Waals surface area (Å²) in [5.74, 6) is 0.976. The van der Waals surface area contributed by atoms with Crippen molar-refractivity contribution in [1.29, 1.82) is 0 Å². The topological polar surface area (TPSA) is 12.0 Å². The van der Waals surface area contributed by atoms with E-state index in [-0.39, 0.29) is 0 Å². The fourth-order valence-electron chi connectivity index (χ4n) is 2.84. The van der Waals surface area contributed by atoms with Crippen LogP contribution in [-0.2, 0) is 12.8 Å². The minimum atomic E-state index is 0.578. The van der Waals surface area contributed by atoms with Gasteiger partial charge in [-0.25, -0.2) is 0 Å². The van der Waals surface area contributed by atoms with E-state index in [4.69, 9.17) is 0 Å². The summed E-state index contributed by atoms with van der Waals surface area (Å²) in [7, 11) is 0. The Labute approximate surface area is 118 Å². The highest BCUT2D eigenvalue weighted by Gasteiger charge is 2.26. The molecule has 1 N–H and O–H groups in total. The molecule has 0 saturated heterocycles. The van der Waals surface area contributed by atoms with Crippen molar-refractivity contribution in [2.24, 2.45) is 5.92 Å². The van der Waals surface area contributed by atoms with Gasteiger partial charge < -0.3 is 5.32 Å². The summed E-state index contributed by atoms with van der Waals surface area (Å²) < 4.78 is 0. The maximum Gasteiger partial charge on any atom is 0.0325 e. The minimum absolute atomic E-state index is 0.578. The second kappa shape index (κ2) is 7.09. The van der Waals surface area contributed by atoms with Crippen LogP contribution in [0.1, 0.15) is 69.2 Å². The first-order valence-corrected chi connectivity index (χ1v) is 8.13. The van der Waals surface area contributed by atoms with Crippen molar-refractivity contribution in [3.8, 4) is 0 Å². The number of aryl methyl sites for hydroxylation is 2. The molecule has 0 heterocycles. The number of benzene rings is 1. The zero-order valence-electron chi connectivity index (χ0n) is 12.8. The maximum atomic E-state index is 3.78. The molecule has 0 aliphatic heterocycles. The Morgan fingerprint density at radius 2 is 1.95 bits per heavy atom. The molecular formula is C18H29N. The summed E-state index contributed by atoms with van der Waals surface area (Å²) in [6, 6.07) is 7.68. The lowest BCUT2D eigenvalue weighted by atomic mass is 9.92. The second-order valence-electron chi connectivity index (χ2n) is 5.93. The largest absolute Gasteiger partial charge is 0.310 e. The van der Waals surface area contributed by atoms with Crippen molar-refractivity contribution in [3.05, 3.63) is 34.9 Å². The smallest absolute Gasteiger partial charge is 0.0325 e. The first-order valence-electron chi connectivity index (χ1n) is 8.13. The van der Waals surface area contributed by atoms with E-state index in [1.165, 1.54) is 36.8 Å². The summed E-state index contributed by atoms with van der Waals surface area (Å²) in [6.45, 7) is 7.92. The molecule has 106 valence electrons. The first-order chi connectivity index (χ1) is 9.28. The number of hydrogen-bond acceptors (Lipinski definition) is 1. The third kappa shape index (κ3) is 4.07. The zero-order valence-corrected chi connectivity index (χ0v) is 12.8. The molecule has 19 heavy (non-hydrogen) atoms. The van der Waals surface area contributed by atoms with Crippen LogP contribution in [-0.4, -0.2) is 6.54 Å². The van der Waals surface area contributed by atoms with Gasteiger partial charge in [0.15, 0.2) is 0 Å². The van der Waals surface area contributed by atoms with E-state index in [1.807, 2.05) is 0 Å². The van der Waals surface area contributed by atoms with Crippen LogP contribution in [0.3, 0.4) is 0 Å². The van der Waals surface area contributed by atoms with Gasteiger partial charge in [-0.1, -0.05) is 51.8 Å². The fraction of sp³-hybridized carbons (Fsp3) is 0.667. The van der Waals surface area contributed by atoms with Gasteiger partial charge in [-0.3, -0.25) is 0 Å². The lowest BCUT2D eigenvalue weighted by Crippen LogP contribution is -2.24. The highest BCUT2D eigenvalue weighted by Crippen LogP contribution is 2.38. The average molecular weight is 259 g/mol. The normalized spacial score (nSPS) is 16.6. The van der Waals surface area contributed by atoms with Crippen LogP contribution in [0.5, 0.6) is 0 Å².